The maximum Gasteiger partial charge on any atom is 0.410 e. The van der Waals surface area contributed by atoms with Gasteiger partial charge in [0.25, 0.3) is 0 Å². The number of hydrogen-bond acceptors (Lipinski definition) is 3. The van der Waals surface area contributed by atoms with Crippen LogP contribution in [0.1, 0.15) is 20.3 Å². The highest BCUT2D eigenvalue weighted by atomic mass is 16.6. The van der Waals surface area contributed by atoms with Crippen molar-refractivity contribution in [2.75, 3.05) is 6.54 Å². The van der Waals surface area contributed by atoms with Crippen LogP contribution in [0, 0.1) is 0 Å². The van der Waals surface area contributed by atoms with Gasteiger partial charge in [-0.1, -0.05) is 18.2 Å². The van der Waals surface area contributed by atoms with E-state index in [0.717, 1.165) is 6.29 Å². The van der Waals surface area contributed by atoms with Gasteiger partial charge in [0.05, 0.1) is 12.6 Å². The minimum Gasteiger partial charge on any atom is -0.444 e. The number of aldehydes is 1. The van der Waals surface area contributed by atoms with Gasteiger partial charge in [-0.25, -0.2) is 4.79 Å². The average Bonchev–Trinajstić information content (AvgIpc) is 2.57. The molecule has 1 aliphatic heterocycles. The van der Waals surface area contributed by atoms with Crippen LogP contribution in [0.2, 0.25) is 0 Å². The predicted octanol–water partition coefficient (Wildman–Crippen LogP) is 1.92. The van der Waals surface area contributed by atoms with E-state index in [0.29, 0.717) is 13.0 Å². The van der Waals surface area contributed by atoms with Crippen molar-refractivity contribution in [3.05, 3.63) is 24.3 Å². The molecule has 4 heteroatoms. The van der Waals surface area contributed by atoms with Gasteiger partial charge in [-0.3, -0.25) is 9.69 Å². The fourth-order valence-electron chi connectivity index (χ4n) is 1.70. The van der Waals surface area contributed by atoms with E-state index in [-0.39, 0.29) is 18.2 Å². The number of allylic oxidation sites excluding steroid dienone is 2. The summed E-state index contributed by atoms with van der Waals surface area (Å²) in [7, 11) is 0. The highest BCUT2D eigenvalue weighted by Gasteiger charge is 2.31. The van der Waals surface area contributed by atoms with Crippen molar-refractivity contribution in [3.63, 3.8) is 0 Å². The van der Waals surface area contributed by atoms with E-state index in [4.69, 9.17) is 4.74 Å². The first-order valence-electron chi connectivity index (χ1n) is 5.39. The van der Waals surface area contributed by atoms with Crippen molar-refractivity contribution >= 4 is 12.4 Å². The van der Waals surface area contributed by atoms with Crippen LogP contribution in [-0.4, -0.2) is 36.0 Å². The van der Waals surface area contributed by atoms with E-state index in [1.54, 1.807) is 11.0 Å². The van der Waals surface area contributed by atoms with Crippen molar-refractivity contribution in [1.29, 1.82) is 0 Å². The molecule has 0 radical (unpaired) electrons. The van der Waals surface area contributed by atoms with Crippen LogP contribution in [0.5, 0.6) is 0 Å². The molecule has 1 amide bonds. The van der Waals surface area contributed by atoms with Crippen LogP contribution in [0.4, 0.5) is 4.79 Å². The number of ether oxygens (including phenoxy) is 1. The molecule has 0 aromatic carbocycles. The summed E-state index contributed by atoms with van der Waals surface area (Å²) < 4.78 is 5.07. The third kappa shape index (κ3) is 3.22. The highest BCUT2D eigenvalue weighted by molar-refractivity contribution is 5.70. The van der Waals surface area contributed by atoms with Gasteiger partial charge in [-0.15, -0.1) is 0 Å². The molecule has 1 saturated heterocycles. The lowest BCUT2D eigenvalue weighted by molar-refractivity contribution is -0.104. The summed E-state index contributed by atoms with van der Waals surface area (Å²) in [5.74, 6) is 0. The van der Waals surface area contributed by atoms with E-state index in [1.165, 1.54) is 6.08 Å². The summed E-state index contributed by atoms with van der Waals surface area (Å²) >= 11 is 0. The summed E-state index contributed by atoms with van der Waals surface area (Å²) in [6.45, 7) is 4.37. The topological polar surface area (TPSA) is 46.6 Å². The Morgan fingerprint density at radius 3 is 2.88 bits per heavy atom. The molecule has 1 rings (SSSR count). The van der Waals surface area contributed by atoms with E-state index >= 15 is 0 Å². The van der Waals surface area contributed by atoms with Crippen molar-refractivity contribution in [2.24, 2.45) is 0 Å². The fraction of sp³-hybridized carbons (Fsp3) is 0.500. The smallest absolute Gasteiger partial charge is 0.410 e. The van der Waals surface area contributed by atoms with Crippen molar-refractivity contribution < 1.29 is 14.3 Å². The van der Waals surface area contributed by atoms with Gasteiger partial charge in [0.2, 0.25) is 0 Å². The normalized spacial score (nSPS) is 23.0. The second-order valence-electron chi connectivity index (χ2n) is 3.74. The van der Waals surface area contributed by atoms with E-state index in [1.807, 2.05) is 26.0 Å². The lowest BCUT2D eigenvalue weighted by atomic mass is 10.1. The Balaban J connectivity index is 2.65. The van der Waals surface area contributed by atoms with E-state index in [2.05, 4.69) is 0 Å². The van der Waals surface area contributed by atoms with E-state index in [9.17, 15) is 9.59 Å². The molecule has 0 spiro atoms. The second-order valence-corrected chi connectivity index (χ2v) is 3.74. The maximum atomic E-state index is 11.5. The number of rotatable bonds is 5. The Kier molecular flexibility index (Phi) is 4.76. The van der Waals surface area contributed by atoms with Crippen LogP contribution < -0.4 is 0 Å². The Morgan fingerprint density at radius 1 is 1.62 bits per heavy atom. The van der Waals surface area contributed by atoms with Gasteiger partial charge >= 0.3 is 6.09 Å². The molecule has 0 aromatic rings. The van der Waals surface area contributed by atoms with Gasteiger partial charge in [0, 0.05) is 0 Å². The Morgan fingerprint density at radius 2 is 2.38 bits per heavy atom. The largest absolute Gasteiger partial charge is 0.444 e. The second kappa shape index (κ2) is 6.10. The number of cyclic esters (lactones) is 1. The number of carbonyl (C=O) groups is 2. The predicted molar refractivity (Wildman–Crippen MR) is 61.1 cm³/mol. The highest BCUT2D eigenvalue weighted by Crippen LogP contribution is 2.17. The molecule has 0 unspecified atom stereocenters. The van der Waals surface area contributed by atoms with Crippen LogP contribution in [0.25, 0.3) is 0 Å². The standard InChI is InChI=1S/C12H17NO3/c1-3-6-11(7-4-5-8-14)13-9-10(2)16-12(13)15/h3-6,8,10-11H,7,9H2,1-2H3/b5-4-,6-3-/t10-,11-/m1/s1. The molecule has 1 heterocycles. The van der Waals surface area contributed by atoms with Gasteiger partial charge in [-0.2, -0.15) is 0 Å². The summed E-state index contributed by atoms with van der Waals surface area (Å²) in [4.78, 5) is 23.4. The quantitative estimate of drug-likeness (QED) is 0.406. The first-order valence-corrected chi connectivity index (χ1v) is 5.39. The summed E-state index contributed by atoms with van der Waals surface area (Å²) in [6.07, 6.45) is 8.06. The lowest BCUT2D eigenvalue weighted by Gasteiger charge is -2.21. The molecule has 0 bridgehead atoms. The third-order valence-electron chi connectivity index (χ3n) is 2.40. The molecule has 2 atom stereocenters. The zero-order valence-electron chi connectivity index (χ0n) is 9.63. The average molecular weight is 223 g/mol. The Bertz CT molecular complexity index is 309. The van der Waals surface area contributed by atoms with E-state index < -0.39 is 0 Å². The summed E-state index contributed by atoms with van der Waals surface area (Å²) in [5, 5.41) is 0. The molecular weight excluding hydrogens is 206 g/mol. The molecule has 1 aliphatic rings. The number of nitrogens with zero attached hydrogens (tertiary/aromatic N) is 1. The molecule has 4 nitrogen and oxygen atoms in total. The molecule has 1 fully saturated rings. The molecule has 0 aromatic heterocycles. The minimum atomic E-state index is -0.282. The van der Waals surface area contributed by atoms with Crippen LogP contribution in [0.3, 0.4) is 0 Å². The van der Waals surface area contributed by atoms with Gasteiger partial charge in [-0.05, 0) is 26.3 Å². The maximum absolute atomic E-state index is 11.5. The van der Waals surface area contributed by atoms with Gasteiger partial charge < -0.3 is 4.74 Å². The van der Waals surface area contributed by atoms with Crippen molar-refractivity contribution in [3.8, 4) is 0 Å². The first kappa shape index (κ1) is 12.5. The van der Waals surface area contributed by atoms with Gasteiger partial charge in [0.15, 0.2) is 0 Å². The monoisotopic (exact) mass is 223 g/mol. The summed E-state index contributed by atoms with van der Waals surface area (Å²) in [6, 6.07) is -0.0290. The molecule has 0 saturated carbocycles. The molecule has 0 N–H and O–H groups in total. The third-order valence-corrected chi connectivity index (χ3v) is 2.40. The molecule has 16 heavy (non-hydrogen) atoms. The minimum absolute atomic E-state index is 0.0290. The SMILES string of the molecule is C/C=C\[C@H](C/C=C\C=O)N1C[C@@H](C)OC1=O. The molecule has 0 aliphatic carbocycles. The molecular formula is C12H17NO3. The summed E-state index contributed by atoms with van der Waals surface area (Å²) in [5.41, 5.74) is 0. The van der Waals surface area contributed by atoms with Crippen molar-refractivity contribution in [2.45, 2.75) is 32.4 Å². The van der Waals surface area contributed by atoms with Crippen molar-refractivity contribution in [1.82, 2.24) is 4.90 Å². The molecule has 88 valence electrons. The Labute approximate surface area is 95.6 Å². The van der Waals surface area contributed by atoms with Crippen LogP contribution in [-0.2, 0) is 9.53 Å². The van der Waals surface area contributed by atoms with Crippen LogP contribution >= 0.6 is 0 Å². The van der Waals surface area contributed by atoms with Gasteiger partial charge in [0.1, 0.15) is 12.4 Å². The Hall–Kier alpha value is -1.58. The fourth-order valence-corrected chi connectivity index (χ4v) is 1.70. The van der Waals surface area contributed by atoms with Crippen LogP contribution in [0.15, 0.2) is 24.3 Å². The number of hydrogen-bond donors (Lipinski definition) is 0. The lowest BCUT2D eigenvalue weighted by Crippen LogP contribution is -2.34. The zero-order chi connectivity index (χ0) is 12.0. The zero-order valence-corrected chi connectivity index (χ0v) is 9.63. The first-order chi connectivity index (χ1) is 7.69. The number of amides is 1. The number of carbonyl (C=O) groups excluding carboxylic acids is 2.